The van der Waals surface area contributed by atoms with Crippen molar-refractivity contribution in [2.75, 3.05) is 44.9 Å². The van der Waals surface area contributed by atoms with Gasteiger partial charge in [0.1, 0.15) is 17.8 Å². The Balaban J connectivity index is 1.59. The summed E-state index contributed by atoms with van der Waals surface area (Å²) in [7, 11) is 5.55. The Morgan fingerprint density at radius 1 is 1.03 bits per heavy atom. The lowest BCUT2D eigenvalue weighted by atomic mass is 10.1. The number of aromatic nitrogens is 2. The van der Waals surface area contributed by atoms with Crippen LogP contribution >= 0.6 is 0 Å². The molecule has 0 fully saturated rings. The molecule has 2 N–H and O–H groups in total. The molecule has 1 aromatic heterocycles. The van der Waals surface area contributed by atoms with Gasteiger partial charge in [0.15, 0.2) is 0 Å². The minimum absolute atomic E-state index is 0.0294. The van der Waals surface area contributed by atoms with E-state index in [2.05, 4.69) is 25.5 Å². The summed E-state index contributed by atoms with van der Waals surface area (Å²) < 4.78 is 50.8. The van der Waals surface area contributed by atoms with E-state index in [0.29, 0.717) is 28.9 Å². The maximum atomic E-state index is 13.0. The number of aryl methyl sites for hydroxylation is 1. The molecule has 8 nitrogen and oxygen atoms in total. The van der Waals surface area contributed by atoms with Crippen molar-refractivity contribution in [2.45, 2.75) is 13.1 Å². The van der Waals surface area contributed by atoms with E-state index in [9.17, 15) is 18.0 Å². The van der Waals surface area contributed by atoms with E-state index in [4.69, 9.17) is 9.47 Å². The Labute approximate surface area is 223 Å². The SMILES string of the molecule is COc1cc2c(Oc3cc(C(=O)Nc4cccc(C(F)(F)F)c4)ccc3C)ncnc2cc1NCCN(C)C. The molecule has 0 spiro atoms. The Morgan fingerprint density at radius 3 is 2.54 bits per heavy atom. The van der Waals surface area contributed by atoms with Crippen molar-refractivity contribution in [1.82, 2.24) is 14.9 Å². The Hall–Kier alpha value is -4.38. The maximum Gasteiger partial charge on any atom is 0.416 e. The number of nitrogens with one attached hydrogen (secondary N) is 2. The molecule has 1 amide bonds. The van der Waals surface area contributed by atoms with Crippen molar-refractivity contribution in [2.24, 2.45) is 0 Å². The number of hydrogen-bond acceptors (Lipinski definition) is 7. The molecule has 4 rings (SSSR count). The van der Waals surface area contributed by atoms with Gasteiger partial charge in [-0.1, -0.05) is 12.1 Å². The molecule has 0 aliphatic carbocycles. The fraction of sp³-hybridized carbons (Fsp3) is 0.250. The number of alkyl halides is 3. The molecule has 0 aliphatic heterocycles. The van der Waals surface area contributed by atoms with Gasteiger partial charge in [-0.05, 0) is 69.0 Å². The molecule has 3 aromatic carbocycles. The largest absolute Gasteiger partial charge is 0.495 e. The summed E-state index contributed by atoms with van der Waals surface area (Å²) in [4.78, 5) is 23.6. The lowest BCUT2D eigenvalue weighted by Gasteiger charge is -2.16. The number of methoxy groups -OCH3 is 1. The lowest BCUT2D eigenvalue weighted by molar-refractivity contribution is -0.137. The first kappa shape index (κ1) is 27.6. The average molecular weight is 540 g/mol. The van der Waals surface area contributed by atoms with E-state index in [1.54, 1.807) is 32.2 Å². The zero-order valence-electron chi connectivity index (χ0n) is 21.9. The van der Waals surface area contributed by atoms with E-state index >= 15 is 0 Å². The van der Waals surface area contributed by atoms with Crippen molar-refractivity contribution in [1.29, 1.82) is 0 Å². The molecule has 0 atom stereocenters. The molecule has 0 bridgehead atoms. The number of nitrogens with zero attached hydrogens (tertiary/aromatic N) is 3. The molecule has 0 radical (unpaired) electrons. The van der Waals surface area contributed by atoms with Crippen LogP contribution in [0.25, 0.3) is 10.9 Å². The van der Waals surface area contributed by atoms with E-state index in [0.717, 1.165) is 29.9 Å². The van der Waals surface area contributed by atoms with Crippen LogP contribution in [0.15, 0.2) is 60.9 Å². The lowest BCUT2D eigenvalue weighted by Crippen LogP contribution is -2.21. The normalized spacial score (nSPS) is 11.5. The number of carbonyl (C=O) groups excluding carboxylic acids is 1. The number of rotatable bonds is 9. The second kappa shape index (κ2) is 11.6. The third kappa shape index (κ3) is 6.74. The molecule has 39 heavy (non-hydrogen) atoms. The fourth-order valence-electron chi connectivity index (χ4n) is 3.79. The molecule has 0 saturated heterocycles. The third-order valence-corrected chi connectivity index (χ3v) is 5.90. The minimum atomic E-state index is -4.52. The molecule has 4 aromatic rings. The highest BCUT2D eigenvalue weighted by molar-refractivity contribution is 6.04. The number of halogens is 3. The highest BCUT2D eigenvalue weighted by Gasteiger charge is 2.30. The Bertz CT molecular complexity index is 1490. The number of likely N-dealkylation sites (N-methyl/N-ethyl adjacent to an activating group) is 1. The molecule has 0 unspecified atom stereocenters. The van der Waals surface area contributed by atoms with Crippen molar-refractivity contribution in [3.63, 3.8) is 0 Å². The summed E-state index contributed by atoms with van der Waals surface area (Å²) in [6.45, 7) is 3.34. The summed E-state index contributed by atoms with van der Waals surface area (Å²) in [5, 5.41) is 6.45. The van der Waals surface area contributed by atoms with Crippen molar-refractivity contribution < 1.29 is 27.4 Å². The van der Waals surface area contributed by atoms with Crippen molar-refractivity contribution >= 4 is 28.2 Å². The Morgan fingerprint density at radius 2 is 1.82 bits per heavy atom. The predicted molar refractivity (Wildman–Crippen MR) is 144 cm³/mol. The number of anilines is 2. The van der Waals surface area contributed by atoms with E-state index < -0.39 is 17.6 Å². The summed E-state index contributed by atoms with van der Waals surface area (Å²) in [6, 6.07) is 12.9. The second-order valence-corrected chi connectivity index (χ2v) is 9.09. The number of benzene rings is 3. The third-order valence-electron chi connectivity index (χ3n) is 5.90. The van der Waals surface area contributed by atoms with E-state index in [-0.39, 0.29) is 17.1 Å². The van der Waals surface area contributed by atoms with Crippen LogP contribution in [0.3, 0.4) is 0 Å². The average Bonchev–Trinajstić information content (AvgIpc) is 2.89. The molecule has 204 valence electrons. The van der Waals surface area contributed by atoms with Gasteiger partial charge in [-0.2, -0.15) is 13.2 Å². The van der Waals surface area contributed by atoms with Crippen LogP contribution in [0.2, 0.25) is 0 Å². The van der Waals surface area contributed by atoms with Crippen LogP contribution in [-0.2, 0) is 6.18 Å². The first-order valence-corrected chi connectivity index (χ1v) is 12.0. The molecule has 0 saturated carbocycles. The van der Waals surface area contributed by atoms with Gasteiger partial charge < -0.3 is 25.0 Å². The van der Waals surface area contributed by atoms with Crippen LogP contribution in [-0.4, -0.2) is 55.1 Å². The summed E-state index contributed by atoms with van der Waals surface area (Å²) in [5.74, 6) is 0.629. The first-order valence-electron chi connectivity index (χ1n) is 12.0. The van der Waals surface area contributed by atoms with Gasteiger partial charge in [-0.25, -0.2) is 9.97 Å². The molecule has 1 heterocycles. The van der Waals surface area contributed by atoms with Gasteiger partial charge in [0.25, 0.3) is 5.91 Å². The van der Waals surface area contributed by atoms with Gasteiger partial charge in [0.2, 0.25) is 5.88 Å². The van der Waals surface area contributed by atoms with Gasteiger partial charge in [0.05, 0.1) is 29.3 Å². The summed E-state index contributed by atoms with van der Waals surface area (Å²) >= 11 is 0. The smallest absolute Gasteiger partial charge is 0.416 e. The van der Waals surface area contributed by atoms with E-state index in [1.165, 1.54) is 24.5 Å². The number of hydrogen-bond donors (Lipinski definition) is 2. The molecule has 11 heteroatoms. The highest BCUT2D eigenvalue weighted by atomic mass is 19.4. The molecule has 0 aliphatic rings. The maximum absolute atomic E-state index is 13.0. The zero-order chi connectivity index (χ0) is 28.2. The van der Waals surface area contributed by atoms with Crippen molar-refractivity contribution in [3.05, 3.63) is 77.6 Å². The minimum Gasteiger partial charge on any atom is -0.495 e. The highest BCUT2D eigenvalue weighted by Crippen LogP contribution is 2.36. The quantitative estimate of drug-likeness (QED) is 0.270. The predicted octanol–water partition coefficient (Wildman–Crippen LogP) is 5.98. The van der Waals surface area contributed by atoms with Crippen LogP contribution in [0.5, 0.6) is 17.4 Å². The zero-order valence-corrected chi connectivity index (χ0v) is 21.9. The van der Waals surface area contributed by atoms with Crippen LogP contribution in [0, 0.1) is 6.92 Å². The molecular formula is C28H28F3N5O3. The van der Waals surface area contributed by atoms with Crippen LogP contribution < -0.4 is 20.1 Å². The van der Waals surface area contributed by atoms with E-state index in [1.807, 2.05) is 20.2 Å². The second-order valence-electron chi connectivity index (χ2n) is 9.09. The number of fused-ring (bicyclic) bond motifs is 1. The van der Waals surface area contributed by atoms with Crippen molar-refractivity contribution in [3.8, 4) is 17.4 Å². The van der Waals surface area contributed by atoms with Gasteiger partial charge >= 0.3 is 6.18 Å². The number of carbonyl (C=O) groups is 1. The summed E-state index contributed by atoms with van der Waals surface area (Å²) in [5.41, 5.74) is 1.52. The van der Waals surface area contributed by atoms with Gasteiger partial charge in [-0.3, -0.25) is 4.79 Å². The summed E-state index contributed by atoms with van der Waals surface area (Å²) in [6.07, 6.45) is -3.13. The fourth-order valence-corrected chi connectivity index (χ4v) is 3.79. The standard InChI is InChI=1S/C28H28F3N5O3/c1-17-8-9-18(26(37)35-20-7-5-6-19(13-20)28(29,30)31)12-24(17)39-27-21-14-25(38-4)23(32-10-11-36(2)3)15-22(21)33-16-34-27/h5-9,12-16,32H,10-11H2,1-4H3,(H,35,37). The van der Waals surface area contributed by atoms with Gasteiger partial charge in [-0.15, -0.1) is 0 Å². The monoisotopic (exact) mass is 539 g/mol. The van der Waals surface area contributed by atoms with Crippen LogP contribution in [0.1, 0.15) is 21.5 Å². The first-order chi connectivity index (χ1) is 18.5. The molecular weight excluding hydrogens is 511 g/mol. The number of ether oxygens (including phenoxy) is 2. The van der Waals surface area contributed by atoms with Gasteiger partial charge in [0, 0.05) is 24.3 Å². The Kier molecular flexibility index (Phi) is 8.20. The van der Waals surface area contributed by atoms with Crippen LogP contribution in [0.4, 0.5) is 24.5 Å². The number of amides is 1. The topological polar surface area (TPSA) is 88.6 Å².